The van der Waals surface area contributed by atoms with Crippen molar-refractivity contribution in [1.82, 2.24) is 5.32 Å². The second kappa shape index (κ2) is 3.02. The maximum Gasteiger partial charge on any atom is 0.0161 e. The molecule has 0 radical (unpaired) electrons. The third-order valence-electron chi connectivity index (χ3n) is 2.09. The van der Waals surface area contributed by atoms with Gasteiger partial charge < -0.3 is 5.32 Å². The van der Waals surface area contributed by atoms with Crippen molar-refractivity contribution in [2.24, 2.45) is 5.92 Å². The summed E-state index contributed by atoms with van der Waals surface area (Å²) >= 11 is 0. The monoisotopic (exact) mass is 125 g/mol. The molecule has 1 heteroatoms. The van der Waals surface area contributed by atoms with Gasteiger partial charge in [0.15, 0.2) is 0 Å². The van der Waals surface area contributed by atoms with Crippen molar-refractivity contribution in [3.63, 3.8) is 0 Å². The van der Waals surface area contributed by atoms with E-state index in [2.05, 4.69) is 11.9 Å². The predicted octanol–water partition coefficient (Wildman–Crippen LogP) is 1.56. The Balaban J connectivity index is 2.16. The molecular formula is C8H15N. The first-order valence-corrected chi connectivity index (χ1v) is 3.67. The second-order valence-electron chi connectivity index (χ2n) is 2.82. The van der Waals surface area contributed by atoms with E-state index in [1.807, 2.05) is 7.05 Å². The Bertz CT molecular complexity index is 103. The first kappa shape index (κ1) is 6.81. The molecule has 0 aromatic rings. The fourth-order valence-electron chi connectivity index (χ4n) is 1.19. The van der Waals surface area contributed by atoms with Gasteiger partial charge in [-0.1, -0.05) is 18.6 Å². The molecule has 0 atom stereocenters. The van der Waals surface area contributed by atoms with Gasteiger partial charge >= 0.3 is 0 Å². The predicted molar refractivity (Wildman–Crippen MR) is 40.4 cm³/mol. The van der Waals surface area contributed by atoms with Crippen molar-refractivity contribution < 1.29 is 0 Å². The molecule has 1 fully saturated rings. The zero-order valence-corrected chi connectivity index (χ0v) is 6.11. The van der Waals surface area contributed by atoms with Gasteiger partial charge in [0, 0.05) is 6.54 Å². The Hall–Kier alpha value is -0.300. The quantitative estimate of drug-likeness (QED) is 0.564. The van der Waals surface area contributed by atoms with E-state index in [-0.39, 0.29) is 0 Å². The Morgan fingerprint density at radius 1 is 1.67 bits per heavy atom. The summed E-state index contributed by atoms with van der Waals surface area (Å²) in [5, 5.41) is 3.12. The molecule has 0 spiro atoms. The molecule has 9 heavy (non-hydrogen) atoms. The lowest BCUT2D eigenvalue weighted by Gasteiger charge is -2.27. The van der Waals surface area contributed by atoms with Crippen molar-refractivity contribution in [1.29, 1.82) is 0 Å². The standard InChI is InChI=1S/C8H15N/c1-7(6-9-2)8-4-3-5-8/h8-9H,1,3-6H2,2H3. The summed E-state index contributed by atoms with van der Waals surface area (Å²) in [4.78, 5) is 0. The van der Waals surface area contributed by atoms with Crippen LogP contribution in [0.25, 0.3) is 0 Å². The lowest BCUT2D eigenvalue weighted by atomic mass is 9.80. The maximum atomic E-state index is 4.00. The molecule has 0 unspecified atom stereocenters. The summed E-state index contributed by atoms with van der Waals surface area (Å²) in [5.74, 6) is 0.845. The number of hydrogen-bond donors (Lipinski definition) is 1. The third-order valence-corrected chi connectivity index (χ3v) is 2.09. The molecule has 0 amide bonds. The molecule has 52 valence electrons. The van der Waals surface area contributed by atoms with Gasteiger partial charge in [-0.05, 0) is 25.8 Å². The number of hydrogen-bond acceptors (Lipinski definition) is 1. The van der Waals surface area contributed by atoms with Crippen LogP contribution in [0, 0.1) is 5.92 Å². The summed E-state index contributed by atoms with van der Waals surface area (Å²) in [6.45, 7) is 5.01. The van der Waals surface area contributed by atoms with Gasteiger partial charge in [-0.3, -0.25) is 0 Å². The smallest absolute Gasteiger partial charge is 0.0161 e. The highest BCUT2D eigenvalue weighted by Crippen LogP contribution is 2.31. The lowest BCUT2D eigenvalue weighted by molar-refractivity contribution is 0.362. The summed E-state index contributed by atoms with van der Waals surface area (Å²) in [6.07, 6.45) is 4.16. The van der Waals surface area contributed by atoms with E-state index >= 15 is 0 Å². The fraction of sp³-hybridized carbons (Fsp3) is 0.750. The molecule has 1 N–H and O–H groups in total. The van der Waals surface area contributed by atoms with Crippen LogP contribution < -0.4 is 5.32 Å². The van der Waals surface area contributed by atoms with Crippen LogP contribution in [0.4, 0.5) is 0 Å². The Morgan fingerprint density at radius 2 is 2.33 bits per heavy atom. The molecule has 0 saturated heterocycles. The summed E-state index contributed by atoms with van der Waals surface area (Å²) in [6, 6.07) is 0. The van der Waals surface area contributed by atoms with Crippen molar-refractivity contribution in [3.8, 4) is 0 Å². The Kier molecular flexibility index (Phi) is 2.29. The highest BCUT2D eigenvalue weighted by atomic mass is 14.8. The zero-order chi connectivity index (χ0) is 6.69. The molecule has 1 nitrogen and oxygen atoms in total. The molecule has 1 rings (SSSR count). The van der Waals surface area contributed by atoms with Gasteiger partial charge in [-0.15, -0.1) is 0 Å². The molecule has 0 aromatic heterocycles. The summed E-state index contributed by atoms with van der Waals surface area (Å²) in [5.41, 5.74) is 1.39. The average molecular weight is 125 g/mol. The van der Waals surface area contributed by atoms with Crippen LogP contribution in [0.5, 0.6) is 0 Å². The van der Waals surface area contributed by atoms with Crippen LogP contribution in [0.15, 0.2) is 12.2 Å². The van der Waals surface area contributed by atoms with E-state index in [0.29, 0.717) is 0 Å². The number of likely N-dealkylation sites (N-methyl/N-ethyl adjacent to an activating group) is 1. The van der Waals surface area contributed by atoms with Crippen molar-refractivity contribution in [2.45, 2.75) is 19.3 Å². The molecule has 1 aliphatic rings. The second-order valence-corrected chi connectivity index (χ2v) is 2.82. The van der Waals surface area contributed by atoms with Gasteiger partial charge in [0.2, 0.25) is 0 Å². The Morgan fingerprint density at radius 3 is 2.67 bits per heavy atom. The lowest BCUT2D eigenvalue weighted by Crippen LogP contribution is -2.20. The SMILES string of the molecule is C=C(CNC)C1CCC1. The topological polar surface area (TPSA) is 12.0 Å². The zero-order valence-electron chi connectivity index (χ0n) is 6.11. The Labute approximate surface area is 57.1 Å². The van der Waals surface area contributed by atoms with Crippen LogP contribution in [0.3, 0.4) is 0 Å². The molecule has 0 aliphatic heterocycles. The minimum atomic E-state index is 0.845. The largest absolute Gasteiger partial charge is 0.316 e. The molecular weight excluding hydrogens is 110 g/mol. The highest BCUT2D eigenvalue weighted by molar-refractivity contribution is 5.05. The van der Waals surface area contributed by atoms with Crippen LogP contribution in [-0.2, 0) is 0 Å². The van der Waals surface area contributed by atoms with E-state index in [1.54, 1.807) is 0 Å². The summed E-state index contributed by atoms with van der Waals surface area (Å²) in [7, 11) is 1.98. The van der Waals surface area contributed by atoms with E-state index in [0.717, 1.165) is 12.5 Å². The number of rotatable bonds is 3. The molecule has 1 saturated carbocycles. The van der Waals surface area contributed by atoms with Gasteiger partial charge in [0.05, 0.1) is 0 Å². The summed E-state index contributed by atoms with van der Waals surface area (Å²) < 4.78 is 0. The van der Waals surface area contributed by atoms with E-state index < -0.39 is 0 Å². The van der Waals surface area contributed by atoms with Crippen LogP contribution in [0.1, 0.15) is 19.3 Å². The van der Waals surface area contributed by atoms with Crippen molar-refractivity contribution in [3.05, 3.63) is 12.2 Å². The van der Waals surface area contributed by atoms with Crippen LogP contribution >= 0.6 is 0 Å². The average Bonchev–Trinajstić information content (AvgIpc) is 1.60. The normalized spacial score (nSPS) is 19.2. The number of nitrogens with one attached hydrogen (secondary N) is 1. The third kappa shape index (κ3) is 1.55. The van der Waals surface area contributed by atoms with E-state index in [9.17, 15) is 0 Å². The molecule has 1 aliphatic carbocycles. The van der Waals surface area contributed by atoms with Crippen molar-refractivity contribution >= 4 is 0 Å². The van der Waals surface area contributed by atoms with Crippen LogP contribution in [-0.4, -0.2) is 13.6 Å². The van der Waals surface area contributed by atoms with E-state index in [1.165, 1.54) is 24.8 Å². The van der Waals surface area contributed by atoms with E-state index in [4.69, 9.17) is 0 Å². The van der Waals surface area contributed by atoms with Crippen LogP contribution in [0.2, 0.25) is 0 Å². The molecule has 0 bridgehead atoms. The maximum absolute atomic E-state index is 4.00. The highest BCUT2D eigenvalue weighted by Gasteiger charge is 2.19. The minimum Gasteiger partial charge on any atom is -0.316 e. The van der Waals surface area contributed by atoms with Gasteiger partial charge in [-0.2, -0.15) is 0 Å². The van der Waals surface area contributed by atoms with Gasteiger partial charge in [0.1, 0.15) is 0 Å². The fourth-order valence-corrected chi connectivity index (χ4v) is 1.19. The first-order chi connectivity index (χ1) is 4.34. The van der Waals surface area contributed by atoms with Gasteiger partial charge in [-0.25, -0.2) is 0 Å². The minimum absolute atomic E-state index is 0.845. The van der Waals surface area contributed by atoms with Gasteiger partial charge in [0.25, 0.3) is 0 Å². The molecule has 0 heterocycles. The first-order valence-electron chi connectivity index (χ1n) is 3.67. The van der Waals surface area contributed by atoms with Crippen molar-refractivity contribution in [2.75, 3.05) is 13.6 Å². The molecule has 0 aromatic carbocycles.